The lowest BCUT2D eigenvalue weighted by atomic mass is 10.0. The van der Waals surface area contributed by atoms with E-state index in [-0.39, 0.29) is 24.4 Å². The van der Waals surface area contributed by atoms with Crippen LogP contribution in [0.5, 0.6) is 5.88 Å². The van der Waals surface area contributed by atoms with Crippen LogP contribution in [-0.4, -0.2) is 58.1 Å². The average Bonchev–Trinajstić information content (AvgIpc) is 3.30. The molecule has 2 aromatic carbocycles. The predicted molar refractivity (Wildman–Crippen MR) is 119 cm³/mol. The SMILES string of the molecule is NC1CCN(C(=O)CON=C2C(c3c(O)[nH]c4ccccc34)=Nc3ccccc32)CC1. The maximum atomic E-state index is 12.5. The monoisotopic (exact) mass is 417 g/mol. The first-order valence-electron chi connectivity index (χ1n) is 10.3. The summed E-state index contributed by atoms with van der Waals surface area (Å²) in [5.74, 6) is -0.0999. The molecule has 4 N–H and O–H groups in total. The van der Waals surface area contributed by atoms with Gasteiger partial charge in [-0.2, -0.15) is 0 Å². The standard InChI is InChI=1S/C23H23N5O3/c24-14-9-11-28(12-10-14)19(29)13-31-27-21-16-6-2-4-8-18(16)25-22(21)20-15-5-1-3-7-17(15)26-23(20)30/h1-8,14,26,30H,9-13,24H2. The fourth-order valence-electron chi connectivity index (χ4n) is 4.10. The van der Waals surface area contributed by atoms with Gasteiger partial charge in [-0.25, -0.2) is 4.99 Å². The van der Waals surface area contributed by atoms with E-state index in [0.29, 0.717) is 30.1 Å². The Kier molecular flexibility index (Phi) is 4.91. The smallest absolute Gasteiger partial charge is 0.263 e. The molecule has 0 bridgehead atoms. The zero-order valence-electron chi connectivity index (χ0n) is 16.9. The number of hydrogen-bond acceptors (Lipinski definition) is 6. The number of oxime groups is 1. The molecule has 8 heteroatoms. The summed E-state index contributed by atoms with van der Waals surface area (Å²) in [5.41, 5.74) is 9.79. The van der Waals surface area contributed by atoms with Gasteiger partial charge >= 0.3 is 0 Å². The molecule has 158 valence electrons. The number of nitrogens with one attached hydrogen (secondary N) is 1. The van der Waals surface area contributed by atoms with Crippen LogP contribution in [0.1, 0.15) is 24.0 Å². The number of aromatic amines is 1. The van der Waals surface area contributed by atoms with E-state index in [1.807, 2.05) is 48.5 Å². The van der Waals surface area contributed by atoms with E-state index < -0.39 is 0 Å². The summed E-state index contributed by atoms with van der Waals surface area (Å²) in [6.45, 7) is 1.12. The van der Waals surface area contributed by atoms with Crippen molar-refractivity contribution in [3.63, 3.8) is 0 Å². The number of carbonyl (C=O) groups is 1. The van der Waals surface area contributed by atoms with E-state index in [0.717, 1.165) is 35.0 Å². The number of likely N-dealkylation sites (tertiary alicyclic amines) is 1. The maximum absolute atomic E-state index is 12.5. The van der Waals surface area contributed by atoms with Gasteiger partial charge in [0, 0.05) is 35.6 Å². The van der Waals surface area contributed by atoms with Crippen molar-refractivity contribution in [1.82, 2.24) is 9.88 Å². The lowest BCUT2D eigenvalue weighted by Crippen LogP contribution is -2.44. The number of nitrogens with two attached hydrogens (primary N) is 1. The van der Waals surface area contributed by atoms with Crippen molar-refractivity contribution in [1.29, 1.82) is 0 Å². The summed E-state index contributed by atoms with van der Waals surface area (Å²) in [6, 6.07) is 15.3. The Morgan fingerprint density at radius 2 is 1.94 bits per heavy atom. The third-order valence-electron chi connectivity index (χ3n) is 5.77. The van der Waals surface area contributed by atoms with Crippen LogP contribution in [0.15, 0.2) is 58.7 Å². The highest BCUT2D eigenvalue weighted by atomic mass is 16.6. The second-order valence-electron chi connectivity index (χ2n) is 7.80. The van der Waals surface area contributed by atoms with E-state index in [2.05, 4.69) is 10.1 Å². The molecule has 0 radical (unpaired) electrons. The highest BCUT2D eigenvalue weighted by Crippen LogP contribution is 2.35. The number of H-pyrrole nitrogens is 1. The molecule has 0 atom stereocenters. The minimum absolute atomic E-state index is 0.0150. The lowest BCUT2D eigenvalue weighted by Gasteiger charge is -2.29. The predicted octanol–water partition coefficient (Wildman–Crippen LogP) is 2.68. The van der Waals surface area contributed by atoms with Crippen LogP contribution >= 0.6 is 0 Å². The molecular weight excluding hydrogens is 394 g/mol. The highest BCUT2D eigenvalue weighted by Gasteiger charge is 2.29. The molecule has 0 saturated carbocycles. The van der Waals surface area contributed by atoms with Gasteiger partial charge in [-0.05, 0) is 25.0 Å². The highest BCUT2D eigenvalue weighted by molar-refractivity contribution is 6.58. The number of piperidine rings is 1. The van der Waals surface area contributed by atoms with Gasteiger partial charge in [0.25, 0.3) is 5.91 Å². The fourth-order valence-corrected chi connectivity index (χ4v) is 4.10. The zero-order valence-corrected chi connectivity index (χ0v) is 16.9. The van der Waals surface area contributed by atoms with Crippen LogP contribution in [0.3, 0.4) is 0 Å². The van der Waals surface area contributed by atoms with Gasteiger partial charge in [-0.1, -0.05) is 41.6 Å². The van der Waals surface area contributed by atoms with Crippen LogP contribution in [-0.2, 0) is 9.63 Å². The van der Waals surface area contributed by atoms with Gasteiger partial charge in [-0.3, -0.25) is 4.79 Å². The Bertz CT molecular complexity index is 1200. The Labute approximate surface area is 179 Å². The van der Waals surface area contributed by atoms with Gasteiger partial charge in [0.2, 0.25) is 0 Å². The summed E-state index contributed by atoms with van der Waals surface area (Å²) in [7, 11) is 0. The number of fused-ring (bicyclic) bond motifs is 2. The summed E-state index contributed by atoms with van der Waals surface area (Å²) >= 11 is 0. The average molecular weight is 417 g/mol. The second kappa shape index (κ2) is 7.88. The number of benzene rings is 2. The summed E-state index contributed by atoms with van der Waals surface area (Å²) in [5, 5.41) is 15.7. The minimum Gasteiger partial charge on any atom is -0.494 e. The number of carbonyl (C=O) groups excluding carboxylic acids is 1. The number of para-hydroxylation sites is 2. The number of aromatic nitrogens is 1. The number of aliphatic imine (C=N–C) groups is 1. The number of rotatable bonds is 4. The van der Waals surface area contributed by atoms with Crippen LogP contribution in [0.2, 0.25) is 0 Å². The van der Waals surface area contributed by atoms with E-state index in [4.69, 9.17) is 15.6 Å². The fraction of sp³-hybridized carbons (Fsp3) is 0.261. The Balaban J connectivity index is 1.43. The first-order valence-corrected chi connectivity index (χ1v) is 10.3. The molecule has 0 aliphatic carbocycles. The van der Waals surface area contributed by atoms with Crippen molar-refractivity contribution < 1.29 is 14.7 Å². The number of hydrogen-bond donors (Lipinski definition) is 3. The van der Waals surface area contributed by atoms with Crippen LogP contribution in [0.25, 0.3) is 10.9 Å². The van der Waals surface area contributed by atoms with Crippen molar-refractivity contribution in [2.24, 2.45) is 15.9 Å². The molecule has 0 spiro atoms. The molecule has 2 aliphatic heterocycles. The lowest BCUT2D eigenvalue weighted by molar-refractivity contribution is -0.137. The largest absolute Gasteiger partial charge is 0.494 e. The van der Waals surface area contributed by atoms with Crippen molar-refractivity contribution in [3.05, 3.63) is 59.7 Å². The molecule has 1 saturated heterocycles. The zero-order chi connectivity index (χ0) is 21.4. The molecule has 3 aromatic rings. The van der Waals surface area contributed by atoms with E-state index in [9.17, 15) is 9.90 Å². The maximum Gasteiger partial charge on any atom is 0.263 e. The topological polar surface area (TPSA) is 116 Å². The van der Waals surface area contributed by atoms with Gasteiger partial charge in [0.1, 0.15) is 11.4 Å². The Hall–Kier alpha value is -3.65. The van der Waals surface area contributed by atoms with Crippen LogP contribution in [0, 0.1) is 0 Å². The minimum atomic E-state index is -0.159. The summed E-state index contributed by atoms with van der Waals surface area (Å²) < 4.78 is 0. The van der Waals surface area contributed by atoms with Gasteiger partial charge in [0.05, 0.1) is 11.3 Å². The molecule has 1 aromatic heterocycles. The van der Waals surface area contributed by atoms with E-state index >= 15 is 0 Å². The molecule has 1 fully saturated rings. The van der Waals surface area contributed by atoms with Crippen molar-refractivity contribution in [2.75, 3.05) is 19.7 Å². The third-order valence-corrected chi connectivity index (χ3v) is 5.77. The van der Waals surface area contributed by atoms with E-state index in [1.165, 1.54) is 0 Å². The third kappa shape index (κ3) is 3.55. The van der Waals surface area contributed by atoms with Crippen LogP contribution < -0.4 is 5.73 Å². The molecule has 2 aliphatic rings. The molecule has 3 heterocycles. The Morgan fingerprint density at radius 1 is 1.19 bits per heavy atom. The molecule has 8 nitrogen and oxygen atoms in total. The van der Waals surface area contributed by atoms with Crippen LogP contribution in [0.4, 0.5) is 5.69 Å². The number of nitrogens with zero attached hydrogens (tertiary/aromatic N) is 3. The number of aromatic hydroxyl groups is 1. The summed E-state index contributed by atoms with van der Waals surface area (Å²) in [4.78, 5) is 27.4. The van der Waals surface area contributed by atoms with Crippen molar-refractivity contribution >= 4 is 33.9 Å². The summed E-state index contributed by atoms with van der Waals surface area (Å²) in [6.07, 6.45) is 1.59. The second-order valence-corrected chi connectivity index (χ2v) is 7.80. The molecule has 31 heavy (non-hydrogen) atoms. The molecular formula is C23H23N5O3. The van der Waals surface area contributed by atoms with Gasteiger partial charge < -0.3 is 25.6 Å². The quantitative estimate of drug-likeness (QED) is 0.566. The van der Waals surface area contributed by atoms with E-state index in [1.54, 1.807) is 4.90 Å². The number of amides is 1. The van der Waals surface area contributed by atoms with Gasteiger partial charge in [0.15, 0.2) is 12.5 Å². The Morgan fingerprint density at radius 3 is 2.77 bits per heavy atom. The first-order chi connectivity index (χ1) is 15.1. The van der Waals surface area contributed by atoms with Gasteiger partial charge in [-0.15, -0.1) is 0 Å². The van der Waals surface area contributed by atoms with Crippen molar-refractivity contribution in [2.45, 2.75) is 18.9 Å². The molecule has 1 amide bonds. The normalized spacial score (nSPS) is 17.8. The van der Waals surface area contributed by atoms with Crippen molar-refractivity contribution in [3.8, 4) is 5.88 Å². The molecule has 0 unspecified atom stereocenters. The molecule has 5 rings (SSSR count). The first kappa shape index (κ1) is 19.3.